The third-order valence-corrected chi connectivity index (χ3v) is 2.87. The van der Waals surface area contributed by atoms with Gasteiger partial charge in [0.25, 0.3) is 5.56 Å². The number of halogens is 1. The average molecular weight is 284 g/mol. The Morgan fingerprint density at radius 1 is 1.42 bits per heavy atom. The van der Waals surface area contributed by atoms with E-state index in [2.05, 4.69) is 15.1 Å². The van der Waals surface area contributed by atoms with Crippen molar-refractivity contribution in [3.05, 3.63) is 34.0 Å². The average Bonchev–Trinajstić information content (AvgIpc) is 2.81. The summed E-state index contributed by atoms with van der Waals surface area (Å²) in [5, 5.41) is 4.16. The van der Waals surface area contributed by atoms with Gasteiger partial charge in [0.1, 0.15) is 12.2 Å². The van der Waals surface area contributed by atoms with Crippen molar-refractivity contribution < 1.29 is 4.74 Å². The van der Waals surface area contributed by atoms with Crippen molar-refractivity contribution in [1.82, 2.24) is 24.3 Å². The lowest BCUT2D eigenvalue weighted by molar-refractivity contribution is 0.399. The summed E-state index contributed by atoms with van der Waals surface area (Å²) < 4.78 is 8.09. The van der Waals surface area contributed by atoms with E-state index in [-0.39, 0.29) is 23.0 Å². The molecule has 2 rings (SSSR count). The molecule has 0 fully saturated rings. The Hall–Kier alpha value is -1.89. The van der Waals surface area contributed by atoms with E-state index < -0.39 is 0 Å². The van der Waals surface area contributed by atoms with Crippen LogP contribution in [0.25, 0.3) is 0 Å². The number of ether oxygens (including phenoxy) is 1. The van der Waals surface area contributed by atoms with Gasteiger partial charge in [0.15, 0.2) is 5.15 Å². The van der Waals surface area contributed by atoms with Gasteiger partial charge in [-0.1, -0.05) is 18.5 Å². The van der Waals surface area contributed by atoms with Gasteiger partial charge in [0, 0.05) is 6.54 Å². The molecule has 0 atom stereocenters. The van der Waals surface area contributed by atoms with E-state index in [1.807, 2.05) is 6.92 Å². The second kappa shape index (κ2) is 5.83. The molecule has 0 amide bonds. The lowest BCUT2D eigenvalue weighted by Crippen LogP contribution is -2.24. The molecule has 0 radical (unpaired) electrons. The van der Waals surface area contributed by atoms with Crippen LogP contribution in [0.5, 0.6) is 5.75 Å². The zero-order valence-corrected chi connectivity index (χ0v) is 11.5. The molecule has 7 nitrogen and oxygen atoms in total. The van der Waals surface area contributed by atoms with Crippen LogP contribution in [0.2, 0.25) is 5.15 Å². The molecule has 0 saturated heterocycles. The van der Waals surface area contributed by atoms with Crippen molar-refractivity contribution in [2.75, 3.05) is 7.11 Å². The molecule has 102 valence electrons. The van der Waals surface area contributed by atoms with Crippen molar-refractivity contribution in [3.8, 4) is 5.75 Å². The van der Waals surface area contributed by atoms with Gasteiger partial charge in [-0.3, -0.25) is 9.36 Å². The maximum absolute atomic E-state index is 12.1. The summed E-state index contributed by atoms with van der Waals surface area (Å²) >= 11 is 5.78. The van der Waals surface area contributed by atoms with Crippen molar-refractivity contribution >= 4 is 11.6 Å². The highest BCUT2D eigenvalue weighted by atomic mass is 35.5. The van der Waals surface area contributed by atoms with Crippen LogP contribution in [0.3, 0.4) is 0 Å². The monoisotopic (exact) mass is 283 g/mol. The number of rotatable bonds is 5. The first-order valence-electron chi connectivity index (χ1n) is 5.83. The fourth-order valence-corrected chi connectivity index (χ4v) is 1.90. The zero-order valence-electron chi connectivity index (χ0n) is 10.7. The Labute approximate surface area is 114 Å². The summed E-state index contributed by atoms with van der Waals surface area (Å²) in [6.07, 6.45) is 3.78. The van der Waals surface area contributed by atoms with Gasteiger partial charge in [-0.15, -0.1) is 0 Å². The zero-order chi connectivity index (χ0) is 13.8. The highest BCUT2D eigenvalue weighted by Crippen LogP contribution is 2.15. The number of hydrogen-bond acceptors (Lipinski definition) is 5. The predicted molar refractivity (Wildman–Crippen MR) is 69.5 cm³/mol. The Balaban J connectivity index is 2.33. The van der Waals surface area contributed by atoms with Gasteiger partial charge < -0.3 is 4.74 Å². The van der Waals surface area contributed by atoms with Crippen LogP contribution < -0.4 is 10.3 Å². The van der Waals surface area contributed by atoms with Crippen molar-refractivity contribution in [2.24, 2.45) is 0 Å². The van der Waals surface area contributed by atoms with Crippen LogP contribution >= 0.6 is 11.6 Å². The Bertz CT molecular complexity index is 622. The minimum Gasteiger partial charge on any atom is -0.489 e. The fraction of sp³-hybridized carbons (Fsp3) is 0.455. The first-order chi connectivity index (χ1) is 9.17. The molecule has 0 unspecified atom stereocenters. The predicted octanol–water partition coefficient (Wildman–Crippen LogP) is 0.955. The molecule has 2 aromatic heterocycles. The van der Waals surface area contributed by atoms with Crippen molar-refractivity contribution in [3.63, 3.8) is 0 Å². The maximum atomic E-state index is 12.1. The highest BCUT2D eigenvalue weighted by molar-refractivity contribution is 6.30. The SMILES string of the molecule is CCCn1ncnc1Cn1cnc(Cl)c(OC)c1=O. The molecule has 0 saturated carbocycles. The quantitative estimate of drug-likeness (QED) is 0.764. The Morgan fingerprint density at radius 2 is 2.21 bits per heavy atom. The molecule has 2 aromatic rings. The minimum absolute atomic E-state index is 0.0331. The normalized spacial score (nSPS) is 10.7. The van der Waals surface area contributed by atoms with E-state index in [1.54, 1.807) is 4.68 Å². The van der Waals surface area contributed by atoms with E-state index in [0.29, 0.717) is 5.82 Å². The second-order valence-electron chi connectivity index (χ2n) is 3.90. The van der Waals surface area contributed by atoms with Gasteiger partial charge in [-0.05, 0) is 6.42 Å². The topological polar surface area (TPSA) is 74.8 Å². The van der Waals surface area contributed by atoms with Crippen LogP contribution in [-0.2, 0) is 13.1 Å². The van der Waals surface area contributed by atoms with E-state index in [1.165, 1.54) is 24.3 Å². The standard InChI is InChI=1S/C11H14ClN5O2/c1-3-4-17-8(13-6-15-17)5-16-7-14-10(12)9(19-2)11(16)18/h6-7H,3-5H2,1-2H3. The van der Waals surface area contributed by atoms with Gasteiger partial charge in [0.2, 0.25) is 5.75 Å². The summed E-state index contributed by atoms with van der Waals surface area (Å²) in [7, 11) is 1.38. The maximum Gasteiger partial charge on any atom is 0.297 e. The largest absolute Gasteiger partial charge is 0.489 e. The van der Waals surface area contributed by atoms with E-state index >= 15 is 0 Å². The fourth-order valence-electron chi connectivity index (χ4n) is 1.70. The molecule has 0 bridgehead atoms. The molecular weight excluding hydrogens is 270 g/mol. The number of hydrogen-bond donors (Lipinski definition) is 0. The molecule has 0 aromatic carbocycles. The van der Waals surface area contributed by atoms with Crippen LogP contribution in [0.1, 0.15) is 19.2 Å². The number of methoxy groups -OCH3 is 1. The van der Waals surface area contributed by atoms with Crippen LogP contribution in [-0.4, -0.2) is 31.4 Å². The molecule has 19 heavy (non-hydrogen) atoms. The second-order valence-corrected chi connectivity index (χ2v) is 4.26. The van der Waals surface area contributed by atoms with E-state index in [0.717, 1.165) is 13.0 Å². The number of aryl methyl sites for hydroxylation is 1. The van der Waals surface area contributed by atoms with Crippen LogP contribution in [0, 0.1) is 0 Å². The Kier molecular flexibility index (Phi) is 4.16. The molecule has 8 heteroatoms. The van der Waals surface area contributed by atoms with Crippen molar-refractivity contribution in [1.29, 1.82) is 0 Å². The summed E-state index contributed by atoms with van der Waals surface area (Å²) in [5.74, 6) is 0.723. The van der Waals surface area contributed by atoms with Gasteiger partial charge >= 0.3 is 0 Å². The van der Waals surface area contributed by atoms with Gasteiger partial charge in [0.05, 0.1) is 20.0 Å². The molecule has 2 heterocycles. The third kappa shape index (κ3) is 2.76. The van der Waals surface area contributed by atoms with Crippen LogP contribution in [0.4, 0.5) is 0 Å². The lowest BCUT2D eigenvalue weighted by Gasteiger charge is -2.08. The summed E-state index contributed by atoms with van der Waals surface area (Å²) in [6.45, 7) is 3.08. The summed E-state index contributed by atoms with van der Waals surface area (Å²) in [4.78, 5) is 20.1. The first kappa shape index (κ1) is 13.5. The van der Waals surface area contributed by atoms with Gasteiger partial charge in [-0.25, -0.2) is 14.6 Å². The minimum atomic E-state index is -0.339. The highest BCUT2D eigenvalue weighted by Gasteiger charge is 2.12. The molecule has 0 aliphatic rings. The smallest absolute Gasteiger partial charge is 0.297 e. The number of nitrogens with zero attached hydrogens (tertiary/aromatic N) is 5. The number of aromatic nitrogens is 5. The Morgan fingerprint density at radius 3 is 2.89 bits per heavy atom. The molecule has 0 aliphatic heterocycles. The van der Waals surface area contributed by atoms with Crippen molar-refractivity contribution in [2.45, 2.75) is 26.4 Å². The molecule has 0 N–H and O–H groups in total. The lowest BCUT2D eigenvalue weighted by atomic mass is 10.4. The summed E-state index contributed by atoms with van der Waals surface area (Å²) in [5.41, 5.74) is -0.339. The van der Waals surface area contributed by atoms with E-state index in [4.69, 9.17) is 16.3 Å². The molecule has 0 aliphatic carbocycles. The first-order valence-corrected chi connectivity index (χ1v) is 6.20. The van der Waals surface area contributed by atoms with Crippen LogP contribution in [0.15, 0.2) is 17.4 Å². The third-order valence-electron chi connectivity index (χ3n) is 2.60. The van der Waals surface area contributed by atoms with Gasteiger partial charge in [-0.2, -0.15) is 5.10 Å². The molecular formula is C11H14ClN5O2. The summed E-state index contributed by atoms with van der Waals surface area (Å²) in [6, 6.07) is 0. The van der Waals surface area contributed by atoms with E-state index in [9.17, 15) is 4.79 Å². The molecule has 0 spiro atoms.